The molecule has 6 nitrogen and oxygen atoms in total. The third kappa shape index (κ3) is 4.46. The fourth-order valence-electron chi connectivity index (χ4n) is 4.50. The van der Waals surface area contributed by atoms with Crippen molar-refractivity contribution in [1.29, 1.82) is 0 Å². The van der Waals surface area contributed by atoms with Gasteiger partial charge in [0, 0.05) is 17.7 Å². The maximum atomic E-state index is 10.4. The van der Waals surface area contributed by atoms with E-state index in [-0.39, 0.29) is 28.9 Å². The molecule has 0 unspecified atom stereocenters. The van der Waals surface area contributed by atoms with Crippen LogP contribution in [0, 0.1) is 0 Å². The number of phenols is 4. The molecule has 4 aromatic rings. The summed E-state index contributed by atoms with van der Waals surface area (Å²) in [5.41, 5.74) is 4.09. The van der Waals surface area contributed by atoms with Crippen molar-refractivity contribution in [2.45, 2.75) is 12.0 Å². The van der Waals surface area contributed by atoms with Gasteiger partial charge in [0.2, 0.25) is 0 Å². The van der Waals surface area contributed by atoms with Crippen LogP contribution in [0.3, 0.4) is 0 Å². The molecule has 176 valence electrons. The fraction of sp³-hybridized carbons (Fsp3) is 0.103. The Bertz CT molecular complexity index is 1390. The Balaban J connectivity index is 1.67. The number of benzene rings is 4. The molecule has 0 aromatic heterocycles. The predicted octanol–water partition coefficient (Wildman–Crippen LogP) is 5.95. The Morgan fingerprint density at radius 1 is 0.686 bits per heavy atom. The summed E-state index contributed by atoms with van der Waals surface area (Å²) in [6.07, 6.45) is 3.31. The Morgan fingerprint density at radius 3 is 2.03 bits per heavy atom. The van der Waals surface area contributed by atoms with Crippen molar-refractivity contribution in [3.8, 4) is 34.5 Å². The van der Waals surface area contributed by atoms with Crippen LogP contribution in [0.25, 0.3) is 12.2 Å². The lowest BCUT2D eigenvalue weighted by Crippen LogP contribution is -2.12. The van der Waals surface area contributed by atoms with Crippen molar-refractivity contribution in [2.75, 3.05) is 7.11 Å². The van der Waals surface area contributed by atoms with E-state index in [0.717, 1.165) is 27.8 Å². The zero-order chi connectivity index (χ0) is 24.5. The normalized spacial score (nSPS) is 16.7. The lowest BCUT2D eigenvalue weighted by Gasteiger charge is -2.21. The molecule has 0 amide bonds. The standard InChI is InChI=1S/C29H24O6/c1-34-25-14-20(13-23(32)15-25)28-27-19(5-2-17-3-8-21(30)9-4-17)12-24(33)16-26(27)35-29(28)18-6-10-22(31)11-7-18/h2-16,28-33H,1H3/t28-,29+/m0/s1. The maximum Gasteiger partial charge on any atom is 0.135 e. The fourth-order valence-corrected chi connectivity index (χ4v) is 4.50. The molecule has 0 saturated heterocycles. The minimum absolute atomic E-state index is 0.0627. The van der Waals surface area contributed by atoms with Gasteiger partial charge in [-0.05, 0) is 64.7 Å². The lowest BCUT2D eigenvalue weighted by molar-refractivity contribution is 0.221. The quantitative estimate of drug-likeness (QED) is 0.270. The zero-order valence-electron chi connectivity index (χ0n) is 18.9. The van der Waals surface area contributed by atoms with Crippen LogP contribution in [-0.2, 0) is 0 Å². The minimum Gasteiger partial charge on any atom is -0.508 e. The highest BCUT2D eigenvalue weighted by atomic mass is 16.5. The summed E-state index contributed by atoms with van der Waals surface area (Å²) in [4.78, 5) is 0. The molecule has 0 saturated carbocycles. The van der Waals surface area contributed by atoms with Gasteiger partial charge in [0.15, 0.2) is 0 Å². The number of hydrogen-bond acceptors (Lipinski definition) is 6. The molecular weight excluding hydrogens is 444 g/mol. The van der Waals surface area contributed by atoms with Gasteiger partial charge in [0.25, 0.3) is 0 Å². The SMILES string of the molecule is COc1cc(O)cc([C@H]2c3c(C=Cc4ccc(O)cc4)cc(O)cc3O[C@@H]2c2ccc(O)cc2)c1. The maximum absolute atomic E-state index is 10.4. The highest BCUT2D eigenvalue weighted by Gasteiger charge is 2.39. The molecule has 0 spiro atoms. The van der Waals surface area contributed by atoms with E-state index in [1.165, 1.54) is 6.07 Å². The highest BCUT2D eigenvalue weighted by Crippen LogP contribution is 2.53. The van der Waals surface area contributed by atoms with Gasteiger partial charge in [0.05, 0.1) is 13.0 Å². The van der Waals surface area contributed by atoms with Gasteiger partial charge < -0.3 is 29.9 Å². The Morgan fingerprint density at radius 2 is 1.34 bits per heavy atom. The van der Waals surface area contributed by atoms with Gasteiger partial charge in [-0.15, -0.1) is 0 Å². The summed E-state index contributed by atoms with van der Waals surface area (Å²) in [6.45, 7) is 0. The molecule has 6 heteroatoms. The molecule has 0 fully saturated rings. The Hall–Kier alpha value is -4.58. The smallest absolute Gasteiger partial charge is 0.135 e. The van der Waals surface area contributed by atoms with E-state index < -0.39 is 6.10 Å². The Kier molecular flexibility index (Phi) is 5.71. The summed E-state index contributed by atoms with van der Waals surface area (Å²) in [6, 6.07) is 21.9. The molecule has 2 atom stereocenters. The summed E-state index contributed by atoms with van der Waals surface area (Å²) >= 11 is 0. The third-order valence-corrected chi connectivity index (χ3v) is 6.11. The topological polar surface area (TPSA) is 99.4 Å². The second-order valence-electron chi connectivity index (χ2n) is 8.44. The van der Waals surface area contributed by atoms with Crippen molar-refractivity contribution in [3.05, 3.63) is 107 Å². The first kappa shape index (κ1) is 22.2. The first-order valence-corrected chi connectivity index (χ1v) is 11.1. The zero-order valence-corrected chi connectivity index (χ0v) is 18.9. The van der Waals surface area contributed by atoms with Crippen LogP contribution in [0.5, 0.6) is 34.5 Å². The Labute approximate surface area is 202 Å². The van der Waals surface area contributed by atoms with Gasteiger partial charge in [-0.1, -0.05) is 36.4 Å². The number of rotatable bonds is 5. The number of methoxy groups -OCH3 is 1. The minimum atomic E-state index is -0.472. The molecule has 4 N–H and O–H groups in total. The van der Waals surface area contributed by atoms with Crippen LogP contribution in [0.1, 0.15) is 39.8 Å². The molecular formula is C29H24O6. The largest absolute Gasteiger partial charge is 0.508 e. The molecule has 0 radical (unpaired) electrons. The average Bonchev–Trinajstić information content (AvgIpc) is 3.23. The van der Waals surface area contributed by atoms with E-state index in [4.69, 9.17) is 9.47 Å². The summed E-state index contributed by atoms with van der Waals surface area (Å²) in [7, 11) is 1.54. The number of aromatic hydroxyl groups is 4. The lowest BCUT2D eigenvalue weighted by atomic mass is 9.82. The molecule has 4 aromatic carbocycles. The number of fused-ring (bicyclic) bond motifs is 1. The number of hydrogen-bond donors (Lipinski definition) is 4. The van der Waals surface area contributed by atoms with E-state index in [9.17, 15) is 20.4 Å². The summed E-state index contributed by atoms with van der Waals surface area (Å²) in [5, 5.41) is 40.2. The second kappa shape index (κ2) is 8.99. The molecule has 1 aliphatic heterocycles. The van der Waals surface area contributed by atoms with Crippen LogP contribution in [-0.4, -0.2) is 27.5 Å². The van der Waals surface area contributed by atoms with E-state index in [0.29, 0.717) is 11.5 Å². The van der Waals surface area contributed by atoms with Gasteiger partial charge in [-0.3, -0.25) is 0 Å². The van der Waals surface area contributed by atoms with Gasteiger partial charge in [-0.25, -0.2) is 0 Å². The molecule has 1 heterocycles. The molecule has 35 heavy (non-hydrogen) atoms. The second-order valence-corrected chi connectivity index (χ2v) is 8.44. The van der Waals surface area contributed by atoms with Crippen LogP contribution < -0.4 is 9.47 Å². The van der Waals surface area contributed by atoms with Crippen molar-refractivity contribution < 1.29 is 29.9 Å². The van der Waals surface area contributed by atoms with Crippen LogP contribution in [0.4, 0.5) is 0 Å². The van der Waals surface area contributed by atoms with Crippen molar-refractivity contribution >= 4 is 12.2 Å². The monoisotopic (exact) mass is 468 g/mol. The first-order valence-electron chi connectivity index (χ1n) is 11.1. The van der Waals surface area contributed by atoms with Crippen LogP contribution >= 0.6 is 0 Å². The number of phenolic OH excluding ortho intramolecular Hbond substituents is 4. The van der Waals surface area contributed by atoms with Crippen molar-refractivity contribution in [1.82, 2.24) is 0 Å². The molecule has 0 aliphatic carbocycles. The highest BCUT2D eigenvalue weighted by molar-refractivity contribution is 5.75. The third-order valence-electron chi connectivity index (χ3n) is 6.11. The van der Waals surface area contributed by atoms with Crippen LogP contribution in [0.2, 0.25) is 0 Å². The van der Waals surface area contributed by atoms with E-state index in [1.54, 1.807) is 73.8 Å². The average molecular weight is 469 g/mol. The molecule has 0 bridgehead atoms. The summed E-state index contributed by atoms with van der Waals surface area (Å²) in [5.74, 6) is 1.16. The predicted molar refractivity (Wildman–Crippen MR) is 133 cm³/mol. The molecule has 1 aliphatic rings. The summed E-state index contributed by atoms with van der Waals surface area (Å²) < 4.78 is 11.8. The van der Waals surface area contributed by atoms with Gasteiger partial charge in [-0.2, -0.15) is 0 Å². The van der Waals surface area contributed by atoms with Crippen molar-refractivity contribution in [2.24, 2.45) is 0 Å². The van der Waals surface area contributed by atoms with Crippen LogP contribution in [0.15, 0.2) is 78.9 Å². The first-order chi connectivity index (χ1) is 16.9. The van der Waals surface area contributed by atoms with E-state index in [1.807, 2.05) is 18.2 Å². The van der Waals surface area contributed by atoms with Gasteiger partial charge >= 0.3 is 0 Å². The number of ether oxygens (including phenoxy) is 2. The van der Waals surface area contributed by atoms with E-state index >= 15 is 0 Å². The van der Waals surface area contributed by atoms with E-state index in [2.05, 4.69) is 0 Å². The van der Waals surface area contributed by atoms with Gasteiger partial charge in [0.1, 0.15) is 40.6 Å². The molecule has 5 rings (SSSR count). The van der Waals surface area contributed by atoms with Crippen molar-refractivity contribution in [3.63, 3.8) is 0 Å².